The van der Waals surface area contributed by atoms with E-state index in [1.165, 1.54) is 43.9 Å². The fraction of sp³-hybridized carbons (Fsp3) is 0.261. The Bertz CT molecular complexity index is 1530. The van der Waals surface area contributed by atoms with Crippen molar-refractivity contribution >= 4 is 16.0 Å². The molecule has 0 saturated heterocycles. The Labute approximate surface area is 220 Å². The van der Waals surface area contributed by atoms with Crippen molar-refractivity contribution in [2.24, 2.45) is 0 Å². The number of anilines is 1. The first kappa shape index (κ1) is 27.6. The third-order valence-corrected chi connectivity index (χ3v) is 7.05. The van der Waals surface area contributed by atoms with Gasteiger partial charge in [-0.3, -0.25) is 9.29 Å². The van der Waals surface area contributed by atoms with Crippen molar-refractivity contribution in [3.8, 4) is 34.6 Å². The molecule has 0 fully saturated rings. The van der Waals surface area contributed by atoms with Crippen LogP contribution in [0.25, 0.3) is 17.2 Å². The number of rotatable bonds is 11. The van der Waals surface area contributed by atoms with Gasteiger partial charge in [0.05, 0.1) is 31.9 Å². The molecule has 0 aliphatic rings. The second-order valence-electron chi connectivity index (χ2n) is 7.91. The minimum Gasteiger partial charge on any atom is -0.494 e. The number of hydrogen-bond acceptors (Lipinski definition) is 10. The van der Waals surface area contributed by atoms with Gasteiger partial charge in [-0.05, 0) is 25.1 Å². The maximum Gasteiger partial charge on any atom is 0.388 e. The third kappa shape index (κ3) is 6.17. The summed E-state index contributed by atoms with van der Waals surface area (Å²) in [6.07, 6.45) is 1.73. The van der Waals surface area contributed by atoms with E-state index in [1.807, 2.05) is 0 Å². The molecule has 16 heteroatoms. The minimum absolute atomic E-state index is 0.0341. The van der Waals surface area contributed by atoms with Gasteiger partial charge in [0.1, 0.15) is 28.7 Å². The summed E-state index contributed by atoms with van der Waals surface area (Å²) in [5, 5.41) is 6.99. The van der Waals surface area contributed by atoms with E-state index in [-0.39, 0.29) is 52.8 Å². The van der Waals surface area contributed by atoms with Crippen LogP contribution in [0.4, 0.5) is 19.1 Å². The first-order valence-electron chi connectivity index (χ1n) is 11.2. The molecule has 206 valence electrons. The van der Waals surface area contributed by atoms with Crippen molar-refractivity contribution < 1.29 is 35.8 Å². The summed E-state index contributed by atoms with van der Waals surface area (Å²) in [6, 6.07) is 8.93. The Morgan fingerprint density at radius 3 is 2.26 bits per heavy atom. The lowest BCUT2D eigenvalue weighted by molar-refractivity contribution is -0.0527. The molecule has 1 atom stereocenters. The number of nitrogens with zero attached hydrogens (tertiary/aromatic N) is 6. The number of ether oxygens (including phenoxy) is 3. The van der Waals surface area contributed by atoms with Crippen LogP contribution in [0.5, 0.6) is 17.4 Å². The number of benzene rings is 1. The monoisotopic (exact) mass is 565 g/mol. The standard InChI is InChI=1S/C23H22F3N7O5S/c1-13(10-18-27-11-14(24)12-28-18)39(34,35)32-23-31-30-21(15-6-4-9-19(29-15)38-22(25)26)33(23)20-16(36-2)7-5-8-17(20)37-3/h4-9,11-13,22H,10H2,1-3H3,(H,31,32). The number of nitrogens with one attached hydrogen (secondary N) is 1. The fourth-order valence-corrected chi connectivity index (χ4v) is 4.47. The molecule has 4 aromatic rings. The molecule has 0 bridgehead atoms. The lowest BCUT2D eigenvalue weighted by Gasteiger charge is -2.19. The predicted molar refractivity (Wildman–Crippen MR) is 132 cm³/mol. The summed E-state index contributed by atoms with van der Waals surface area (Å²) in [7, 11) is -1.37. The van der Waals surface area contributed by atoms with Gasteiger partial charge in [0.15, 0.2) is 11.6 Å². The average molecular weight is 566 g/mol. The van der Waals surface area contributed by atoms with Gasteiger partial charge in [-0.25, -0.2) is 27.8 Å². The smallest absolute Gasteiger partial charge is 0.388 e. The molecule has 4 rings (SSSR count). The van der Waals surface area contributed by atoms with E-state index in [2.05, 4.69) is 34.6 Å². The fourth-order valence-electron chi connectivity index (χ4n) is 3.52. The molecule has 0 spiro atoms. The summed E-state index contributed by atoms with van der Waals surface area (Å²) < 4.78 is 84.3. The Balaban J connectivity index is 1.81. The molecular formula is C23H22F3N7O5S. The summed E-state index contributed by atoms with van der Waals surface area (Å²) >= 11 is 0. The number of para-hydroxylation sites is 1. The maximum atomic E-state index is 13.3. The van der Waals surface area contributed by atoms with Gasteiger partial charge < -0.3 is 14.2 Å². The van der Waals surface area contributed by atoms with E-state index in [1.54, 1.807) is 18.2 Å². The van der Waals surface area contributed by atoms with Crippen LogP contribution in [0.15, 0.2) is 48.8 Å². The van der Waals surface area contributed by atoms with Crippen LogP contribution in [0, 0.1) is 5.82 Å². The maximum absolute atomic E-state index is 13.3. The highest BCUT2D eigenvalue weighted by Gasteiger charge is 2.29. The van der Waals surface area contributed by atoms with E-state index < -0.39 is 27.7 Å². The molecule has 12 nitrogen and oxygen atoms in total. The van der Waals surface area contributed by atoms with Crippen molar-refractivity contribution in [1.29, 1.82) is 0 Å². The van der Waals surface area contributed by atoms with Crippen molar-refractivity contribution in [3.05, 3.63) is 60.4 Å². The summed E-state index contributed by atoms with van der Waals surface area (Å²) in [5.41, 5.74) is 0.239. The zero-order chi connectivity index (χ0) is 28.2. The molecule has 0 amide bonds. The number of alkyl halides is 2. The van der Waals surface area contributed by atoms with Crippen molar-refractivity contribution in [2.75, 3.05) is 18.9 Å². The lowest BCUT2D eigenvalue weighted by Crippen LogP contribution is -2.29. The predicted octanol–water partition coefficient (Wildman–Crippen LogP) is 3.25. The highest BCUT2D eigenvalue weighted by atomic mass is 32.2. The molecule has 0 aliphatic carbocycles. The largest absolute Gasteiger partial charge is 0.494 e. The normalized spacial score (nSPS) is 12.3. The van der Waals surface area contributed by atoms with Crippen molar-refractivity contribution in [3.63, 3.8) is 0 Å². The zero-order valence-electron chi connectivity index (χ0n) is 20.7. The Morgan fingerprint density at radius 2 is 1.64 bits per heavy atom. The second-order valence-corrected chi connectivity index (χ2v) is 10.0. The van der Waals surface area contributed by atoms with Gasteiger partial charge in [0.2, 0.25) is 21.9 Å². The van der Waals surface area contributed by atoms with E-state index in [0.717, 1.165) is 12.4 Å². The number of methoxy groups -OCH3 is 2. The Kier molecular flexibility index (Phi) is 8.13. The molecule has 1 aromatic carbocycles. The molecule has 1 unspecified atom stereocenters. The summed E-state index contributed by atoms with van der Waals surface area (Å²) in [4.78, 5) is 11.7. The van der Waals surface area contributed by atoms with Crippen LogP contribution in [-0.4, -0.2) is 64.2 Å². The Morgan fingerprint density at radius 1 is 1.00 bits per heavy atom. The molecule has 3 aromatic heterocycles. The number of aromatic nitrogens is 6. The van der Waals surface area contributed by atoms with Crippen LogP contribution in [0.3, 0.4) is 0 Å². The first-order chi connectivity index (χ1) is 18.6. The van der Waals surface area contributed by atoms with Crippen molar-refractivity contribution in [1.82, 2.24) is 29.7 Å². The van der Waals surface area contributed by atoms with Gasteiger partial charge in [0.25, 0.3) is 0 Å². The first-order valence-corrected chi connectivity index (χ1v) is 12.7. The molecule has 0 radical (unpaired) electrons. The van der Waals surface area contributed by atoms with Crippen LogP contribution in [0.1, 0.15) is 12.7 Å². The molecule has 39 heavy (non-hydrogen) atoms. The van der Waals surface area contributed by atoms with E-state index in [9.17, 15) is 21.6 Å². The van der Waals surface area contributed by atoms with Crippen LogP contribution in [-0.2, 0) is 16.4 Å². The Hall–Kier alpha value is -4.47. The quantitative estimate of drug-likeness (QED) is 0.288. The van der Waals surface area contributed by atoms with Gasteiger partial charge in [-0.2, -0.15) is 8.78 Å². The van der Waals surface area contributed by atoms with Gasteiger partial charge >= 0.3 is 6.61 Å². The number of sulfonamides is 1. The molecule has 0 saturated carbocycles. The molecule has 1 N–H and O–H groups in total. The average Bonchev–Trinajstić information content (AvgIpc) is 3.31. The lowest BCUT2D eigenvalue weighted by atomic mass is 10.2. The molecule has 3 heterocycles. The highest BCUT2D eigenvalue weighted by molar-refractivity contribution is 7.93. The SMILES string of the molecule is COc1cccc(OC)c1-n1c(NS(=O)(=O)C(C)Cc2ncc(F)cn2)nnc1-c1cccc(OC(F)F)n1. The summed E-state index contributed by atoms with van der Waals surface area (Å²) in [5.74, 6) is -0.740. The van der Waals surface area contributed by atoms with Crippen molar-refractivity contribution in [2.45, 2.75) is 25.2 Å². The zero-order valence-corrected chi connectivity index (χ0v) is 21.6. The van der Waals surface area contributed by atoms with Crippen LogP contribution >= 0.6 is 0 Å². The molecule has 0 aliphatic heterocycles. The minimum atomic E-state index is -4.16. The van der Waals surface area contributed by atoms with E-state index >= 15 is 0 Å². The number of hydrogen-bond donors (Lipinski definition) is 1. The van der Waals surface area contributed by atoms with E-state index in [4.69, 9.17) is 9.47 Å². The van der Waals surface area contributed by atoms with Crippen LogP contribution in [0.2, 0.25) is 0 Å². The third-order valence-electron chi connectivity index (χ3n) is 5.36. The second kappa shape index (κ2) is 11.5. The van der Waals surface area contributed by atoms with E-state index in [0.29, 0.717) is 0 Å². The number of pyridine rings is 1. The van der Waals surface area contributed by atoms with Gasteiger partial charge in [-0.15, -0.1) is 10.2 Å². The topological polar surface area (TPSA) is 143 Å². The summed E-state index contributed by atoms with van der Waals surface area (Å²) in [6.45, 7) is -1.71. The highest BCUT2D eigenvalue weighted by Crippen LogP contribution is 2.37. The van der Waals surface area contributed by atoms with Gasteiger partial charge in [0, 0.05) is 12.5 Å². The van der Waals surface area contributed by atoms with Crippen LogP contribution < -0.4 is 18.9 Å². The van der Waals surface area contributed by atoms with Gasteiger partial charge in [-0.1, -0.05) is 12.1 Å². The number of halogens is 3. The molecular weight excluding hydrogens is 543 g/mol.